The molecule has 0 aromatic heterocycles. The Morgan fingerprint density at radius 2 is 1.86 bits per heavy atom. The number of ether oxygens (including phenoxy) is 1. The summed E-state index contributed by atoms with van der Waals surface area (Å²) < 4.78 is 5.60. The normalized spacial score (nSPS) is 25.2. The van der Waals surface area contributed by atoms with E-state index < -0.39 is 5.97 Å². The lowest BCUT2D eigenvalue weighted by molar-refractivity contribution is -0.141. The SMILES string of the molecule is O=C(O)CC1(CC(=O)NCC2CCCCO2)CCCCC1. The fraction of sp³-hybridized carbons (Fsp3) is 0.875. The molecule has 2 aliphatic rings. The van der Waals surface area contributed by atoms with Gasteiger partial charge < -0.3 is 15.2 Å². The Balaban J connectivity index is 1.81. The van der Waals surface area contributed by atoms with Gasteiger partial charge in [-0.15, -0.1) is 0 Å². The van der Waals surface area contributed by atoms with Crippen molar-refractivity contribution in [1.29, 1.82) is 0 Å². The fourth-order valence-corrected chi connectivity index (χ4v) is 3.64. The van der Waals surface area contributed by atoms with Crippen molar-refractivity contribution in [3.8, 4) is 0 Å². The molecular weight excluding hydrogens is 270 g/mol. The molecule has 120 valence electrons. The Morgan fingerprint density at radius 3 is 2.48 bits per heavy atom. The minimum atomic E-state index is -0.791. The molecule has 0 aromatic rings. The highest BCUT2D eigenvalue weighted by Crippen LogP contribution is 2.42. The summed E-state index contributed by atoms with van der Waals surface area (Å²) in [6.07, 6.45) is 8.77. The second-order valence-electron chi connectivity index (χ2n) is 6.60. The Kier molecular flexibility index (Phi) is 6.03. The standard InChI is InChI=1S/C16H27NO4/c18-14(17-12-13-6-2-5-9-21-13)10-16(11-15(19)20)7-3-1-4-8-16/h13H,1-12H2,(H,17,18)(H,19,20). The molecule has 1 heterocycles. The van der Waals surface area contributed by atoms with E-state index in [1.165, 1.54) is 0 Å². The van der Waals surface area contributed by atoms with Crippen LogP contribution in [0.1, 0.15) is 64.2 Å². The maximum Gasteiger partial charge on any atom is 0.303 e. The van der Waals surface area contributed by atoms with Crippen LogP contribution in [0.3, 0.4) is 0 Å². The number of carbonyl (C=O) groups excluding carboxylic acids is 1. The number of hydrogen-bond donors (Lipinski definition) is 2. The minimum Gasteiger partial charge on any atom is -0.481 e. The van der Waals surface area contributed by atoms with Crippen LogP contribution in [0.5, 0.6) is 0 Å². The van der Waals surface area contributed by atoms with Crippen molar-refractivity contribution in [2.24, 2.45) is 5.41 Å². The first-order valence-corrected chi connectivity index (χ1v) is 8.20. The van der Waals surface area contributed by atoms with Crippen LogP contribution in [-0.4, -0.2) is 36.2 Å². The van der Waals surface area contributed by atoms with E-state index in [4.69, 9.17) is 9.84 Å². The molecule has 0 aromatic carbocycles. The molecule has 1 amide bonds. The highest BCUT2D eigenvalue weighted by atomic mass is 16.5. The highest BCUT2D eigenvalue weighted by molar-refractivity contribution is 5.78. The van der Waals surface area contributed by atoms with E-state index in [0.717, 1.165) is 58.0 Å². The molecular formula is C16H27NO4. The number of carboxylic acid groups (broad SMARTS) is 1. The third-order valence-electron chi connectivity index (χ3n) is 4.78. The second-order valence-corrected chi connectivity index (χ2v) is 6.60. The molecule has 1 aliphatic carbocycles. The lowest BCUT2D eigenvalue weighted by Gasteiger charge is -2.35. The zero-order valence-electron chi connectivity index (χ0n) is 12.7. The number of hydrogen-bond acceptors (Lipinski definition) is 3. The van der Waals surface area contributed by atoms with E-state index in [-0.39, 0.29) is 23.8 Å². The van der Waals surface area contributed by atoms with Gasteiger partial charge in [-0.05, 0) is 37.5 Å². The molecule has 0 radical (unpaired) electrons. The van der Waals surface area contributed by atoms with Crippen LogP contribution in [0.4, 0.5) is 0 Å². The van der Waals surface area contributed by atoms with Crippen LogP contribution in [-0.2, 0) is 14.3 Å². The summed E-state index contributed by atoms with van der Waals surface area (Å²) in [6, 6.07) is 0. The monoisotopic (exact) mass is 297 g/mol. The van der Waals surface area contributed by atoms with Crippen LogP contribution in [0.25, 0.3) is 0 Å². The van der Waals surface area contributed by atoms with Crippen molar-refractivity contribution in [2.75, 3.05) is 13.2 Å². The number of carboxylic acids is 1. The van der Waals surface area contributed by atoms with Crippen molar-refractivity contribution < 1.29 is 19.4 Å². The smallest absolute Gasteiger partial charge is 0.303 e. The number of nitrogens with one attached hydrogen (secondary N) is 1. The van der Waals surface area contributed by atoms with Gasteiger partial charge in [0.1, 0.15) is 0 Å². The van der Waals surface area contributed by atoms with E-state index >= 15 is 0 Å². The van der Waals surface area contributed by atoms with Gasteiger partial charge >= 0.3 is 5.97 Å². The van der Waals surface area contributed by atoms with Gasteiger partial charge in [0, 0.05) is 19.6 Å². The van der Waals surface area contributed by atoms with Crippen molar-refractivity contribution in [3.63, 3.8) is 0 Å². The van der Waals surface area contributed by atoms with E-state index in [2.05, 4.69) is 5.32 Å². The van der Waals surface area contributed by atoms with Crippen molar-refractivity contribution in [3.05, 3.63) is 0 Å². The molecule has 2 rings (SSSR count). The van der Waals surface area contributed by atoms with E-state index in [1.54, 1.807) is 0 Å². The van der Waals surface area contributed by atoms with Gasteiger partial charge in [0.25, 0.3) is 0 Å². The average Bonchev–Trinajstić information content (AvgIpc) is 2.46. The van der Waals surface area contributed by atoms with Gasteiger partial charge in [0.05, 0.1) is 12.5 Å². The summed E-state index contributed by atoms with van der Waals surface area (Å²) in [5.74, 6) is -0.812. The zero-order chi connectivity index (χ0) is 15.1. The molecule has 5 nitrogen and oxygen atoms in total. The molecule has 1 saturated carbocycles. The largest absolute Gasteiger partial charge is 0.481 e. The van der Waals surface area contributed by atoms with Crippen LogP contribution >= 0.6 is 0 Å². The van der Waals surface area contributed by atoms with Crippen molar-refractivity contribution in [2.45, 2.75) is 70.3 Å². The molecule has 1 atom stereocenters. The number of carbonyl (C=O) groups is 2. The lowest BCUT2D eigenvalue weighted by atomic mass is 9.69. The van der Waals surface area contributed by atoms with Gasteiger partial charge in [-0.2, -0.15) is 0 Å². The van der Waals surface area contributed by atoms with Gasteiger partial charge in [0.15, 0.2) is 0 Å². The summed E-state index contributed by atoms with van der Waals surface area (Å²) >= 11 is 0. The molecule has 0 spiro atoms. The molecule has 2 fully saturated rings. The van der Waals surface area contributed by atoms with Crippen LogP contribution < -0.4 is 5.32 Å². The molecule has 2 N–H and O–H groups in total. The van der Waals surface area contributed by atoms with Gasteiger partial charge in [-0.25, -0.2) is 0 Å². The number of aliphatic carboxylic acids is 1. The average molecular weight is 297 g/mol. The fourth-order valence-electron chi connectivity index (χ4n) is 3.64. The summed E-state index contributed by atoms with van der Waals surface area (Å²) in [5, 5.41) is 12.1. The summed E-state index contributed by atoms with van der Waals surface area (Å²) in [7, 11) is 0. The van der Waals surface area contributed by atoms with Gasteiger partial charge in [-0.1, -0.05) is 19.3 Å². The summed E-state index contributed by atoms with van der Waals surface area (Å²) in [6.45, 7) is 1.34. The third-order valence-corrected chi connectivity index (χ3v) is 4.78. The number of amides is 1. The first-order valence-electron chi connectivity index (χ1n) is 8.20. The maximum atomic E-state index is 12.2. The first kappa shape index (κ1) is 16.3. The predicted octanol–water partition coefficient (Wildman–Crippen LogP) is 2.49. The topological polar surface area (TPSA) is 75.6 Å². The summed E-state index contributed by atoms with van der Waals surface area (Å²) in [5.41, 5.74) is -0.332. The third kappa shape index (κ3) is 5.30. The quantitative estimate of drug-likeness (QED) is 0.790. The van der Waals surface area contributed by atoms with Crippen LogP contribution in [0.15, 0.2) is 0 Å². The Labute approximate surface area is 126 Å². The van der Waals surface area contributed by atoms with Gasteiger partial charge in [0.2, 0.25) is 5.91 Å². The van der Waals surface area contributed by atoms with E-state index in [9.17, 15) is 9.59 Å². The Hall–Kier alpha value is -1.10. The lowest BCUT2D eigenvalue weighted by Crippen LogP contribution is -2.39. The molecule has 1 aliphatic heterocycles. The first-order chi connectivity index (χ1) is 10.1. The summed E-state index contributed by atoms with van der Waals surface area (Å²) in [4.78, 5) is 23.3. The van der Waals surface area contributed by atoms with Gasteiger partial charge in [-0.3, -0.25) is 9.59 Å². The van der Waals surface area contributed by atoms with E-state index in [1.807, 2.05) is 0 Å². The molecule has 21 heavy (non-hydrogen) atoms. The van der Waals surface area contributed by atoms with Crippen molar-refractivity contribution in [1.82, 2.24) is 5.32 Å². The Morgan fingerprint density at radius 1 is 1.10 bits per heavy atom. The molecule has 1 unspecified atom stereocenters. The van der Waals surface area contributed by atoms with Crippen LogP contribution in [0, 0.1) is 5.41 Å². The second kappa shape index (κ2) is 7.78. The highest BCUT2D eigenvalue weighted by Gasteiger charge is 2.36. The molecule has 1 saturated heterocycles. The molecule has 0 bridgehead atoms. The zero-order valence-corrected chi connectivity index (χ0v) is 12.7. The van der Waals surface area contributed by atoms with E-state index in [0.29, 0.717) is 13.0 Å². The van der Waals surface area contributed by atoms with Crippen molar-refractivity contribution >= 4 is 11.9 Å². The van der Waals surface area contributed by atoms with Crippen LogP contribution in [0.2, 0.25) is 0 Å². The minimum absolute atomic E-state index is 0.0210. The Bertz CT molecular complexity index is 357. The molecule has 5 heteroatoms. The maximum absolute atomic E-state index is 12.2. The number of rotatable bonds is 6. The predicted molar refractivity (Wildman–Crippen MR) is 79.0 cm³/mol.